The zero-order valence-electron chi connectivity index (χ0n) is 25.9. The van der Waals surface area contributed by atoms with E-state index < -0.39 is 0 Å². The molecule has 10 nitrogen and oxygen atoms in total. The van der Waals surface area contributed by atoms with Gasteiger partial charge in [0.15, 0.2) is 35.1 Å². The van der Waals surface area contributed by atoms with E-state index in [2.05, 4.69) is 104 Å². The van der Waals surface area contributed by atoms with Crippen molar-refractivity contribution in [2.75, 3.05) is 0 Å². The predicted molar refractivity (Wildman–Crippen MR) is 191 cm³/mol. The van der Waals surface area contributed by atoms with Crippen LogP contribution in [0.2, 0.25) is 0 Å². The molecule has 0 radical (unpaired) electrons. The van der Waals surface area contributed by atoms with Gasteiger partial charge >= 0.3 is 0 Å². The highest BCUT2D eigenvalue weighted by atomic mass is 16.4. The van der Waals surface area contributed by atoms with Crippen molar-refractivity contribution in [2.24, 2.45) is 0 Å². The molecule has 0 fully saturated rings. The Hall–Kier alpha value is -7.20. The Kier molecular flexibility index (Phi) is 4.77. The first-order chi connectivity index (χ1) is 24.7. The summed E-state index contributed by atoms with van der Waals surface area (Å²) in [5.74, 6) is 1.08. The van der Waals surface area contributed by atoms with Crippen molar-refractivity contribution in [3.05, 3.63) is 122 Å². The van der Waals surface area contributed by atoms with Gasteiger partial charge in [0, 0.05) is 56.9 Å². The zero-order valence-corrected chi connectivity index (χ0v) is 25.9. The van der Waals surface area contributed by atoms with E-state index in [0.717, 1.165) is 76.8 Å². The predicted octanol–water partition coefficient (Wildman–Crippen LogP) is 10.1. The third-order valence-electron chi connectivity index (χ3n) is 9.67. The molecule has 0 aliphatic rings. The third kappa shape index (κ3) is 3.45. The number of fused-ring (bicyclic) bond motifs is 10. The summed E-state index contributed by atoms with van der Waals surface area (Å²) in [6.07, 6.45) is 2.86. The molecule has 0 saturated carbocycles. The maximum Gasteiger partial charge on any atom is 0.227 e. The molecule has 0 bridgehead atoms. The molecule has 0 aliphatic carbocycles. The van der Waals surface area contributed by atoms with Gasteiger partial charge in [-0.1, -0.05) is 36.4 Å². The van der Waals surface area contributed by atoms with Crippen LogP contribution in [0.15, 0.2) is 140 Å². The molecule has 0 atom stereocenters. The maximum absolute atomic E-state index is 6.24. The molecule has 6 aromatic carbocycles. The minimum absolute atomic E-state index is 0.542. The second-order valence-corrected chi connectivity index (χ2v) is 12.4. The lowest BCUT2D eigenvalue weighted by Gasteiger charge is -2.13. The summed E-state index contributed by atoms with van der Waals surface area (Å²) in [7, 11) is 0. The van der Waals surface area contributed by atoms with Gasteiger partial charge < -0.3 is 17.7 Å². The van der Waals surface area contributed by atoms with Crippen LogP contribution in [0.1, 0.15) is 0 Å². The van der Waals surface area contributed by atoms with Crippen LogP contribution in [-0.4, -0.2) is 29.3 Å². The number of hydrogen-bond acceptors (Lipinski definition) is 8. The van der Waals surface area contributed by atoms with E-state index >= 15 is 0 Å². The normalized spacial score (nSPS) is 12.4. The Morgan fingerprint density at radius 3 is 1.34 bits per heavy atom. The fourth-order valence-corrected chi connectivity index (χ4v) is 7.41. The van der Waals surface area contributed by atoms with E-state index in [9.17, 15) is 0 Å². The van der Waals surface area contributed by atoms with Gasteiger partial charge in [0.25, 0.3) is 0 Å². The van der Waals surface area contributed by atoms with Gasteiger partial charge in [-0.05, 0) is 48.5 Å². The molecule has 234 valence electrons. The average Bonchev–Trinajstić information content (AvgIpc) is 4.01. The lowest BCUT2D eigenvalue weighted by molar-refractivity contribution is 0.602. The fourth-order valence-electron chi connectivity index (χ4n) is 7.41. The van der Waals surface area contributed by atoms with Crippen LogP contribution in [0.25, 0.3) is 111 Å². The highest BCUT2D eigenvalue weighted by Crippen LogP contribution is 2.39. The molecule has 12 rings (SSSR count). The van der Waals surface area contributed by atoms with Crippen molar-refractivity contribution in [1.82, 2.24) is 29.3 Å². The largest absolute Gasteiger partial charge is 0.443 e. The molecule has 0 saturated heterocycles. The topological polar surface area (TPSA) is 114 Å². The molecule has 50 heavy (non-hydrogen) atoms. The van der Waals surface area contributed by atoms with Crippen LogP contribution in [-0.2, 0) is 0 Å². The van der Waals surface area contributed by atoms with Gasteiger partial charge in [0.2, 0.25) is 11.8 Å². The molecule has 6 heterocycles. The number of aromatic nitrogens is 6. The van der Waals surface area contributed by atoms with Crippen molar-refractivity contribution >= 4 is 88.0 Å². The Balaban J connectivity index is 1.07. The van der Waals surface area contributed by atoms with E-state index in [0.29, 0.717) is 34.1 Å². The number of oxazole rings is 4. The monoisotopic (exact) mass is 648 g/mol. The van der Waals surface area contributed by atoms with Crippen LogP contribution in [0.5, 0.6) is 0 Å². The maximum atomic E-state index is 6.24. The quantitative estimate of drug-likeness (QED) is 0.186. The van der Waals surface area contributed by atoms with Gasteiger partial charge in [-0.3, -0.25) is 0 Å². The number of benzene rings is 6. The third-order valence-corrected chi connectivity index (χ3v) is 9.67. The Bertz CT molecular complexity index is 3030. The Labute approximate surface area is 279 Å². The summed E-state index contributed by atoms with van der Waals surface area (Å²) in [6.45, 7) is 0. The van der Waals surface area contributed by atoms with Crippen molar-refractivity contribution in [1.29, 1.82) is 0 Å². The molecule has 0 spiro atoms. The van der Waals surface area contributed by atoms with Crippen LogP contribution < -0.4 is 0 Å². The summed E-state index contributed by atoms with van der Waals surface area (Å²) in [5, 5.41) is 4.42. The standard InChI is InChI=1S/C40H20N6O4/c1-3-7-31-23(5-1)25-13-21(39-43-29-17-35-27(41-19-47-35)15-37(29)49-39)9-11-33(25)45(31)46-32-8-4-2-6-24(32)26-14-22(10-12-34(26)46)40-44-30-18-36-28(42-20-48-36)16-38(30)50-40/h1-20H. The lowest BCUT2D eigenvalue weighted by Crippen LogP contribution is -2.08. The minimum atomic E-state index is 0.542. The second kappa shape index (κ2) is 9.24. The van der Waals surface area contributed by atoms with Crippen molar-refractivity contribution in [3.8, 4) is 22.9 Å². The second-order valence-electron chi connectivity index (χ2n) is 12.4. The summed E-state index contributed by atoms with van der Waals surface area (Å²) in [4.78, 5) is 18.1. The van der Waals surface area contributed by atoms with E-state index in [1.54, 1.807) is 0 Å². The number of para-hydroxylation sites is 2. The lowest BCUT2D eigenvalue weighted by atomic mass is 10.1. The molecule has 0 aliphatic heterocycles. The highest BCUT2D eigenvalue weighted by molar-refractivity contribution is 6.13. The van der Waals surface area contributed by atoms with Crippen molar-refractivity contribution in [2.45, 2.75) is 0 Å². The fraction of sp³-hybridized carbons (Fsp3) is 0. The molecule has 0 amide bonds. The van der Waals surface area contributed by atoms with Gasteiger partial charge in [-0.2, -0.15) is 0 Å². The van der Waals surface area contributed by atoms with Crippen LogP contribution in [0.3, 0.4) is 0 Å². The molecule has 0 N–H and O–H groups in total. The van der Waals surface area contributed by atoms with E-state index in [-0.39, 0.29) is 0 Å². The van der Waals surface area contributed by atoms with Crippen LogP contribution in [0.4, 0.5) is 0 Å². The number of rotatable bonds is 3. The SMILES string of the molecule is c1ccc2c(c1)c1cc(-c3nc4cc5ocnc5cc4o3)ccc1n2-n1c2ccccc2c2cc(-c3nc4cc5ocnc5cc4o3)ccc21. The summed E-state index contributed by atoms with van der Waals surface area (Å²) < 4.78 is 28.1. The van der Waals surface area contributed by atoms with E-state index in [4.69, 9.17) is 27.6 Å². The van der Waals surface area contributed by atoms with Gasteiger partial charge in [-0.15, -0.1) is 0 Å². The van der Waals surface area contributed by atoms with Crippen LogP contribution in [0, 0.1) is 0 Å². The van der Waals surface area contributed by atoms with Crippen molar-refractivity contribution < 1.29 is 17.7 Å². The molecule has 6 aromatic heterocycles. The van der Waals surface area contributed by atoms with E-state index in [1.807, 2.05) is 24.3 Å². The molecular formula is C40H20N6O4. The first-order valence-electron chi connectivity index (χ1n) is 16.1. The van der Waals surface area contributed by atoms with Crippen LogP contribution >= 0.6 is 0 Å². The highest BCUT2D eigenvalue weighted by Gasteiger charge is 2.21. The minimum Gasteiger partial charge on any atom is -0.443 e. The van der Waals surface area contributed by atoms with E-state index in [1.165, 1.54) is 12.8 Å². The van der Waals surface area contributed by atoms with Gasteiger partial charge in [-0.25, -0.2) is 29.3 Å². The number of hydrogen-bond donors (Lipinski definition) is 0. The molecule has 12 aromatic rings. The average molecular weight is 649 g/mol. The van der Waals surface area contributed by atoms with Gasteiger partial charge in [0.05, 0.1) is 22.1 Å². The summed E-state index contributed by atoms with van der Waals surface area (Å²) in [6, 6.07) is 37.1. The summed E-state index contributed by atoms with van der Waals surface area (Å²) in [5.41, 5.74) is 11.6. The smallest absolute Gasteiger partial charge is 0.227 e. The zero-order chi connectivity index (χ0) is 32.5. The van der Waals surface area contributed by atoms with Gasteiger partial charge in [0.1, 0.15) is 22.1 Å². The molecule has 10 heteroatoms. The molecule has 0 unspecified atom stereocenters. The van der Waals surface area contributed by atoms with Crippen molar-refractivity contribution in [3.63, 3.8) is 0 Å². The molecular weight excluding hydrogens is 628 g/mol. The number of nitrogens with zero attached hydrogens (tertiary/aromatic N) is 6. The Morgan fingerprint density at radius 2 is 0.840 bits per heavy atom. The Morgan fingerprint density at radius 1 is 0.400 bits per heavy atom. The first kappa shape index (κ1) is 25.8. The first-order valence-corrected chi connectivity index (χ1v) is 16.1. The summed E-state index contributed by atoms with van der Waals surface area (Å²) >= 11 is 0.